The van der Waals surface area contributed by atoms with Crippen molar-refractivity contribution in [2.24, 2.45) is 0 Å². The summed E-state index contributed by atoms with van der Waals surface area (Å²) in [6, 6.07) is 0. The molecule has 0 N–H and O–H groups in total. The van der Waals surface area contributed by atoms with Crippen molar-refractivity contribution in [3.8, 4) is 11.5 Å². The van der Waals surface area contributed by atoms with Crippen molar-refractivity contribution in [3.05, 3.63) is 18.0 Å². The molecule has 1 aromatic heterocycles. The van der Waals surface area contributed by atoms with Gasteiger partial charge >= 0.3 is 0 Å². The minimum Gasteiger partial charge on any atom is -0.486 e. The molecule has 1 saturated carbocycles. The summed E-state index contributed by atoms with van der Waals surface area (Å²) in [6.45, 7) is 12.6. The molecule has 3 heteroatoms. The lowest BCUT2D eigenvalue weighted by molar-refractivity contribution is 0.121. The van der Waals surface area contributed by atoms with E-state index in [-0.39, 0.29) is 11.0 Å². The van der Waals surface area contributed by atoms with Crippen molar-refractivity contribution in [3.63, 3.8) is 0 Å². The highest BCUT2D eigenvalue weighted by Gasteiger charge is 2.30. The molecule has 0 amide bonds. The van der Waals surface area contributed by atoms with Crippen LogP contribution in [-0.4, -0.2) is 16.7 Å². The molecule has 0 spiro atoms. The van der Waals surface area contributed by atoms with Crippen LogP contribution in [0.5, 0.6) is 11.5 Å². The van der Waals surface area contributed by atoms with Gasteiger partial charge < -0.3 is 9.47 Å². The highest BCUT2D eigenvalue weighted by Crippen LogP contribution is 2.41. The Morgan fingerprint density at radius 1 is 1.05 bits per heavy atom. The minimum atomic E-state index is -0.250. The van der Waals surface area contributed by atoms with Crippen molar-refractivity contribution < 1.29 is 9.47 Å². The van der Waals surface area contributed by atoms with E-state index in [4.69, 9.17) is 9.47 Å². The van der Waals surface area contributed by atoms with E-state index in [1.165, 1.54) is 0 Å². The first kappa shape index (κ1) is 14.2. The zero-order valence-electron chi connectivity index (χ0n) is 12.9. The second kappa shape index (κ2) is 4.69. The molecule has 1 aliphatic rings. The highest BCUT2D eigenvalue weighted by molar-refractivity contribution is 5.47. The molecule has 1 aliphatic carbocycles. The molecule has 2 rings (SSSR count). The molecule has 1 aromatic rings. The van der Waals surface area contributed by atoms with E-state index in [1.54, 1.807) is 6.20 Å². The van der Waals surface area contributed by atoms with Crippen LogP contribution in [0.1, 0.15) is 59.9 Å². The monoisotopic (exact) mass is 263 g/mol. The normalized spacial score (nSPS) is 16.3. The van der Waals surface area contributed by atoms with Crippen LogP contribution in [0.4, 0.5) is 0 Å². The predicted molar refractivity (Wildman–Crippen MR) is 77.0 cm³/mol. The smallest absolute Gasteiger partial charge is 0.180 e. The van der Waals surface area contributed by atoms with Gasteiger partial charge in [0.2, 0.25) is 0 Å². The van der Waals surface area contributed by atoms with E-state index in [9.17, 15) is 0 Å². The lowest BCUT2D eigenvalue weighted by Crippen LogP contribution is -2.24. The molecule has 3 nitrogen and oxygen atoms in total. The largest absolute Gasteiger partial charge is 0.486 e. The quantitative estimate of drug-likeness (QED) is 0.822. The lowest BCUT2D eigenvalue weighted by atomic mass is 9.87. The van der Waals surface area contributed by atoms with Crippen molar-refractivity contribution >= 4 is 0 Å². The number of ether oxygens (including phenoxy) is 2. The zero-order valence-corrected chi connectivity index (χ0v) is 12.9. The molecule has 0 bridgehead atoms. The Hall–Kier alpha value is -1.25. The first-order valence-corrected chi connectivity index (χ1v) is 7.01. The van der Waals surface area contributed by atoms with Crippen LogP contribution in [-0.2, 0) is 5.41 Å². The summed E-state index contributed by atoms with van der Waals surface area (Å²) < 4.78 is 12.1. The Labute approximate surface area is 116 Å². The number of rotatable bonds is 3. The van der Waals surface area contributed by atoms with Gasteiger partial charge in [0.25, 0.3) is 0 Å². The summed E-state index contributed by atoms with van der Waals surface area (Å²) in [4.78, 5) is 4.32. The van der Waals surface area contributed by atoms with E-state index in [2.05, 4.69) is 25.8 Å². The molecular weight excluding hydrogens is 238 g/mol. The standard InChI is InChI=1S/C16H25NO2/c1-15(2,3)12-9-17-10-13(19-16(4,5)6)14(12)18-11-7-8-11/h9-11H,7-8H2,1-6H3. The Balaban J connectivity index is 2.40. The van der Waals surface area contributed by atoms with Gasteiger partial charge in [0.1, 0.15) is 5.60 Å². The average molecular weight is 263 g/mol. The lowest BCUT2D eigenvalue weighted by Gasteiger charge is -2.27. The maximum absolute atomic E-state index is 6.09. The molecule has 1 heterocycles. The van der Waals surface area contributed by atoms with Gasteiger partial charge in [-0.25, -0.2) is 0 Å². The van der Waals surface area contributed by atoms with E-state index >= 15 is 0 Å². The fourth-order valence-corrected chi connectivity index (χ4v) is 1.84. The summed E-state index contributed by atoms with van der Waals surface area (Å²) in [5.41, 5.74) is 0.857. The Morgan fingerprint density at radius 3 is 2.16 bits per heavy atom. The van der Waals surface area contributed by atoms with Crippen LogP contribution in [0.3, 0.4) is 0 Å². The number of hydrogen-bond donors (Lipinski definition) is 0. The molecule has 0 aliphatic heterocycles. The Bertz CT molecular complexity index is 451. The first-order chi connectivity index (χ1) is 8.67. The van der Waals surface area contributed by atoms with Gasteiger partial charge in [0, 0.05) is 11.8 Å². The molecular formula is C16H25NO2. The van der Waals surface area contributed by atoms with Crippen molar-refractivity contribution in [2.45, 2.75) is 71.5 Å². The van der Waals surface area contributed by atoms with Crippen LogP contribution in [0.15, 0.2) is 12.4 Å². The minimum absolute atomic E-state index is 0.00548. The van der Waals surface area contributed by atoms with Gasteiger partial charge in [-0.3, -0.25) is 4.98 Å². The van der Waals surface area contributed by atoms with Gasteiger partial charge in [-0.15, -0.1) is 0 Å². The number of nitrogens with zero attached hydrogens (tertiary/aromatic N) is 1. The van der Waals surface area contributed by atoms with Crippen molar-refractivity contribution in [1.29, 1.82) is 0 Å². The van der Waals surface area contributed by atoms with Gasteiger partial charge in [-0.1, -0.05) is 20.8 Å². The molecule has 0 unspecified atom stereocenters. The third kappa shape index (κ3) is 3.85. The summed E-state index contributed by atoms with van der Waals surface area (Å²) in [7, 11) is 0. The fourth-order valence-electron chi connectivity index (χ4n) is 1.84. The summed E-state index contributed by atoms with van der Waals surface area (Å²) in [5.74, 6) is 1.63. The second-order valence-electron chi connectivity index (χ2n) is 7.30. The third-order valence-electron chi connectivity index (χ3n) is 2.90. The maximum Gasteiger partial charge on any atom is 0.180 e. The third-order valence-corrected chi connectivity index (χ3v) is 2.90. The second-order valence-corrected chi connectivity index (χ2v) is 7.30. The van der Waals surface area contributed by atoms with Crippen LogP contribution in [0, 0.1) is 0 Å². The van der Waals surface area contributed by atoms with E-state index in [0.717, 1.165) is 29.9 Å². The maximum atomic E-state index is 6.09. The summed E-state index contributed by atoms with van der Waals surface area (Å²) in [5, 5.41) is 0. The molecule has 106 valence electrons. The predicted octanol–water partition coefficient (Wildman–Crippen LogP) is 4.10. The van der Waals surface area contributed by atoms with E-state index in [0.29, 0.717) is 6.10 Å². The topological polar surface area (TPSA) is 31.4 Å². The van der Waals surface area contributed by atoms with E-state index < -0.39 is 0 Å². The molecule has 0 atom stereocenters. The van der Waals surface area contributed by atoms with Gasteiger partial charge in [-0.05, 0) is 39.0 Å². The van der Waals surface area contributed by atoms with Crippen LogP contribution >= 0.6 is 0 Å². The Kier molecular flexibility index (Phi) is 3.50. The van der Waals surface area contributed by atoms with Crippen LogP contribution in [0.25, 0.3) is 0 Å². The fraction of sp³-hybridized carbons (Fsp3) is 0.688. The molecule has 1 fully saturated rings. The average Bonchev–Trinajstić information content (AvgIpc) is 3.00. The molecule has 0 saturated heterocycles. The highest BCUT2D eigenvalue weighted by atomic mass is 16.5. The number of hydrogen-bond acceptors (Lipinski definition) is 3. The number of pyridine rings is 1. The molecule has 0 radical (unpaired) electrons. The Morgan fingerprint density at radius 2 is 1.68 bits per heavy atom. The zero-order chi connectivity index (χ0) is 14.3. The molecule has 0 aromatic carbocycles. The first-order valence-electron chi connectivity index (χ1n) is 7.01. The summed E-state index contributed by atoms with van der Waals surface area (Å²) >= 11 is 0. The summed E-state index contributed by atoms with van der Waals surface area (Å²) in [6.07, 6.45) is 6.29. The molecule has 19 heavy (non-hydrogen) atoms. The van der Waals surface area contributed by atoms with Crippen LogP contribution in [0.2, 0.25) is 0 Å². The van der Waals surface area contributed by atoms with Crippen molar-refractivity contribution in [2.75, 3.05) is 0 Å². The van der Waals surface area contributed by atoms with Crippen molar-refractivity contribution in [1.82, 2.24) is 4.98 Å². The van der Waals surface area contributed by atoms with Gasteiger partial charge in [0.05, 0.1) is 12.3 Å². The SMILES string of the molecule is CC(C)(C)Oc1cncc(C(C)(C)C)c1OC1CC1. The van der Waals surface area contributed by atoms with Gasteiger partial charge in [0.15, 0.2) is 11.5 Å². The van der Waals surface area contributed by atoms with Crippen LogP contribution < -0.4 is 9.47 Å². The van der Waals surface area contributed by atoms with E-state index in [1.807, 2.05) is 27.0 Å². The van der Waals surface area contributed by atoms with Gasteiger partial charge in [-0.2, -0.15) is 0 Å². The number of aromatic nitrogens is 1.